The fraction of sp³-hybridized carbons (Fsp3) is 0.722. The number of rotatable bonds is 7. The highest BCUT2D eigenvalue weighted by Crippen LogP contribution is 2.27. The van der Waals surface area contributed by atoms with E-state index in [9.17, 15) is 0 Å². The lowest BCUT2D eigenvalue weighted by atomic mass is 9.96. The van der Waals surface area contributed by atoms with E-state index in [1.807, 2.05) is 6.20 Å². The molecule has 1 aromatic heterocycles. The summed E-state index contributed by atoms with van der Waals surface area (Å²) in [6.07, 6.45) is 11.9. The Kier molecular flexibility index (Phi) is 7.01. The van der Waals surface area contributed by atoms with Crippen molar-refractivity contribution in [3.05, 3.63) is 24.0 Å². The molecule has 0 aromatic carbocycles. The number of pyridine rings is 1. The van der Waals surface area contributed by atoms with E-state index in [0.29, 0.717) is 0 Å². The van der Waals surface area contributed by atoms with Crippen LogP contribution in [-0.2, 0) is 6.54 Å². The predicted molar refractivity (Wildman–Crippen MR) is 90.7 cm³/mol. The monoisotopic (exact) mass is 289 g/mol. The lowest BCUT2D eigenvalue weighted by Crippen LogP contribution is -2.26. The van der Waals surface area contributed by atoms with E-state index in [0.717, 1.165) is 19.0 Å². The minimum atomic E-state index is 0.929. The van der Waals surface area contributed by atoms with Gasteiger partial charge in [0.2, 0.25) is 0 Å². The Morgan fingerprint density at radius 2 is 2.14 bits per heavy atom. The van der Waals surface area contributed by atoms with Crippen LogP contribution in [0.5, 0.6) is 0 Å². The molecule has 1 atom stereocenters. The summed E-state index contributed by atoms with van der Waals surface area (Å²) in [4.78, 5) is 6.93. The van der Waals surface area contributed by atoms with Crippen LogP contribution >= 0.6 is 0 Å². The van der Waals surface area contributed by atoms with Crippen molar-refractivity contribution in [1.82, 2.24) is 10.3 Å². The van der Waals surface area contributed by atoms with Crippen molar-refractivity contribution in [1.29, 1.82) is 0 Å². The maximum Gasteiger partial charge on any atom is 0.0598 e. The fourth-order valence-electron chi connectivity index (χ4n) is 3.35. The third-order valence-electron chi connectivity index (χ3n) is 4.52. The molecule has 1 aliphatic heterocycles. The first-order valence-corrected chi connectivity index (χ1v) is 8.73. The first kappa shape index (κ1) is 16.3. The molecule has 0 saturated carbocycles. The predicted octanol–water partition coefficient (Wildman–Crippen LogP) is 3.99. The average molecular weight is 289 g/mol. The van der Waals surface area contributed by atoms with E-state index in [1.54, 1.807) is 0 Å². The molecule has 1 unspecified atom stereocenters. The number of hydrogen-bond acceptors (Lipinski definition) is 3. The van der Waals surface area contributed by atoms with Gasteiger partial charge in [-0.1, -0.05) is 26.7 Å². The largest absolute Gasteiger partial charge is 0.370 e. The van der Waals surface area contributed by atoms with Gasteiger partial charge < -0.3 is 10.2 Å². The number of hydrogen-bond donors (Lipinski definition) is 1. The second-order valence-electron chi connectivity index (χ2n) is 6.25. The molecule has 3 heteroatoms. The molecule has 0 bridgehead atoms. The Bertz CT molecular complexity index is 405. The standard InChI is InChI=1S/C18H31N3/c1-3-6-16-7-5-12-21(13-9-16)18-15-20-11-8-17(18)14-19-10-4-2/h8,11,15-16,19H,3-7,9-10,12-14H2,1-2H3. The summed E-state index contributed by atoms with van der Waals surface area (Å²) in [5, 5.41) is 3.52. The lowest BCUT2D eigenvalue weighted by molar-refractivity contribution is 0.435. The Morgan fingerprint density at radius 1 is 1.24 bits per heavy atom. The zero-order chi connectivity index (χ0) is 14.9. The summed E-state index contributed by atoms with van der Waals surface area (Å²) in [5.74, 6) is 0.929. The summed E-state index contributed by atoms with van der Waals surface area (Å²) in [6.45, 7) is 8.94. The molecule has 0 spiro atoms. The van der Waals surface area contributed by atoms with Crippen molar-refractivity contribution in [2.45, 2.75) is 58.9 Å². The van der Waals surface area contributed by atoms with E-state index in [4.69, 9.17) is 0 Å². The van der Waals surface area contributed by atoms with Crippen molar-refractivity contribution < 1.29 is 0 Å². The highest BCUT2D eigenvalue weighted by Gasteiger charge is 2.18. The molecule has 1 fully saturated rings. The van der Waals surface area contributed by atoms with Gasteiger partial charge in [-0.2, -0.15) is 0 Å². The first-order valence-electron chi connectivity index (χ1n) is 8.73. The summed E-state index contributed by atoms with van der Waals surface area (Å²) < 4.78 is 0. The van der Waals surface area contributed by atoms with E-state index < -0.39 is 0 Å². The Balaban J connectivity index is 2.00. The lowest BCUT2D eigenvalue weighted by Gasteiger charge is -2.25. The average Bonchev–Trinajstić information content (AvgIpc) is 2.74. The maximum atomic E-state index is 4.37. The maximum absolute atomic E-state index is 4.37. The molecule has 2 heterocycles. The highest BCUT2D eigenvalue weighted by atomic mass is 15.1. The normalized spacial score (nSPS) is 19.5. The SMILES string of the molecule is CCCNCc1ccncc1N1CCCC(CCC)CC1. The molecule has 2 rings (SSSR count). The molecule has 0 radical (unpaired) electrons. The smallest absolute Gasteiger partial charge is 0.0598 e. The van der Waals surface area contributed by atoms with Gasteiger partial charge in [0, 0.05) is 25.8 Å². The van der Waals surface area contributed by atoms with Crippen LogP contribution in [0.1, 0.15) is 57.9 Å². The summed E-state index contributed by atoms with van der Waals surface area (Å²) >= 11 is 0. The van der Waals surface area contributed by atoms with Gasteiger partial charge in [-0.3, -0.25) is 4.98 Å². The molecular formula is C18H31N3. The van der Waals surface area contributed by atoms with Crippen LogP contribution in [-0.4, -0.2) is 24.6 Å². The number of nitrogens with one attached hydrogen (secondary N) is 1. The molecule has 21 heavy (non-hydrogen) atoms. The van der Waals surface area contributed by atoms with Crippen LogP contribution in [0.2, 0.25) is 0 Å². The number of aromatic nitrogens is 1. The van der Waals surface area contributed by atoms with E-state index in [1.165, 1.54) is 62.9 Å². The second-order valence-corrected chi connectivity index (χ2v) is 6.25. The third kappa shape index (κ3) is 4.99. The molecule has 1 saturated heterocycles. The van der Waals surface area contributed by atoms with Crippen molar-refractivity contribution in [2.24, 2.45) is 5.92 Å². The Hall–Kier alpha value is -1.09. The van der Waals surface area contributed by atoms with Gasteiger partial charge in [0.15, 0.2) is 0 Å². The van der Waals surface area contributed by atoms with Gasteiger partial charge in [-0.15, -0.1) is 0 Å². The van der Waals surface area contributed by atoms with Gasteiger partial charge in [0.05, 0.1) is 11.9 Å². The molecule has 1 N–H and O–H groups in total. The zero-order valence-corrected chi connectivity index (χ0v) is 13.8. The van der Waals surface area contributed by atoms with E-state index in [2.05, 4.69) is 41.3 Å². The van der Waals surface area contributed by atoms with E-state index in [-0.39, 0.29) is 0 Å². The number of nitrogens with zero attached hydrogens (tertiary/aromatic N) is 2. The van der Waals surface area contributed by atoms with Gasteiger partial charge in [0.1, 0.15) is 0 Å². The quantitative estimate of drug-likeness (QED) is 0.769. The molecule has 1 aliphatic rings. The zero-order valence-electron chi connectivity index (χ0n) is 13.8. The molecule has 0 amide bonds. The van der Waals surface area contributed by atoms with Crippen molar-refractivity contribution in [3.8, 4) is 0 Å². The van der Waals surface area contributed by atoms with Crippen LogP contribution in [0.15, 0.2) is 18.5 Å². The first-order chi connectivity index (χ1) is 10.3. The molecule has 118 valence electrons. The fourth-order valence-corrected chi connectivity index (χ4v) is 3.35. The molecular weight excluding hydrogens is 258 g/mol. The molecule has 3 nitrogen and oxygen atoms in total. The third-order valence-corrected chi connectivity index (χ3v) is 4.52. The summed E-state index contributed by atoms with van der Waals surface area (Å²) in [7, 11) is 0. The van der Waals surface area contributed by atoms with Crippen LogP contribution < -0.4 is 10.2 Å². The topological polar surface area (TPSA) is 28.2 Å². The number of anilines is 1. The van der Waals surface area contributed by atoms with Crippen molar-refractivity contribution in [2.75, 3.05) is 24.5 Å². The minimum absolute atomic E-state index is 0.929. The highest BCUT2D eigenvalue weighted by molar-refractivity contribution is 5.51. The van der Waals surface area contributed by atoms with Crippen LogP contribution in [0.25, 0.3) is 0 Å². The van der Waals surface area contributed by atoms with Gasteiger partial charge in [0.25, 0.3) is 0 Å². The van der Waals surface area contributed by atoms with Crippen LogP contribution in [0.3, 0.4) is 0 Å². The Morgan fingerprint density at radius 3 is 2.95 bits per heavy atom. The van der Waals surface area contributed by atoms with E-state index >= 15 is 0 Å². The summed E-state index contributed by atoms with van der Waals surface area (Å²) in [6, 6.07) is 2.17. The summed E-state index contributed by atoms with van der Waals surface area (Å²) in [5.41, 5.74) is 2.74. The second kappa shape index (κ2) is 9.04. The Labute approximate surface area is 130 Å². The van der Waals surface area contributed by atoms with Gasteiger partial charge >= 0.3 is 0 Å². The minimum Gasteiger partial charge on any atom is -0.370 e. The van der Waals surface area contributed by atoms with Gasteiger partial charge in [-0.05, 0) is 49.8 Å². The van der Waals surface area contributed by atoms with Crippen molar-refractivity contribution in [3.63, 3.8) is 0 Å². The van der Waals surface area contributed by atoms with Crippen LogP contribution in [0.4, 0.5) is 5.69 Å². The molecule has 0 aliphatic carbocycles. The van der Waals surface area contributed by atoms with Crippen molar-refractivity contribution >= 4 is 5.69 Å². The molecule has 1 aromatic rings. The van der Waals surface area contributed by atoms with Gasteiger partial charge in [-0.25, -0.2) is 0 Å². The van der Waals surface area contributed by atoms with Crippen LogP contribution in [0, 0.1) is 5.92 Å².